The molecule has 126 valence electrons. The Morgan fingerprint density at radius 3 is 2.65 bits per heavy atom. The lowest BCUT2D eigenvalue weighted by molar-refractivity contribution is 1.08. The van der Waals surface area contributed by atoms with Gasteiger partial charge in [0.05, 0.1) is 5.52 Å². The molecule has 0 saturated heterocycles. The van der Waals surface area contributed by atoms with Crippen LogP contribution in [0, 0.1) is 0 Å². The molecule has 0 aliphatic heterocycles. The maximum Gasteiger partial charge on any atom is 0.274 e. The Morgan fingerprint density at radius 1 is 1.04 bits per heavy atom. The van der Waals surface area contributed by atoms with Crippen molar-refractivity contribution in [2.75, 3.05) is 0 Å². The largest absolute Gasteiger partial charge is 0.339 e. The van der Waals surface area contributed by atoms with Crippen LogP contribution in [0.3, 0.4) is 0 Å². The average molecular weight is 364 g/mol. The van der Waals surface area contributed by atoms with Crippen LogP contribution in [0.5, 0.6) is 0 Å². The summed E-state index contributed by atoms with van der Waals surface area (Å²) in [6.07, 6.45) is 0. The fraction of sp³-hybridized carbons (Fsp3) is 0. The predicted octanol–water partition coefficient (Wildman–Crippen LogP) is 2.73. The highest BCUT2D eigenvalue weighted by molar-refractivity contribution is 6.31. The maximum atomic E-state index is 13.1. The number of nitrogens with one attached hydrogen (secondary N) is 2. The number of hydrogen-bond acceptors (Lipinski definition) is 4. The van der Waals surface area contributed by atoms with Gasteiger partial charge in [0.15, 0.2) is 11.5 Å². The van der Waals surface area contributed by atoms with E-state index < -0.39 is 11.0 Å². The zero-order valence-corrected chi connectivity index (χ0v) is 13.9. The fourth-order valence-electron chi connectivity index (χ4n) is 3.10. The van der Waals surface area contributed by atoms with Gasteiger partial charge in [-0.3, -0.25) is 9.59 Å². The van der Waals surface area contributed by atoms with Gasteiger partial charge in [0.2, 0.25) is 11.2 Å². The molecule has 26 heavy (non-hydrogen) atoms. The molecular weight excluding hydrogens is 354 g/mol. The van der Waals surface area contributed by atoms with Crippen LogP contribution in [-0.4, -0.2) is 24.6 Å². The Morgan fingerprint density at radius 2 is 1.85 bits per heavy atom. The minimum Gasteiger partial charge on any atom is -0.339 e. The van der Waals surface area contributed by atoms with E-state index in [1.54, 1.807) is 18.2 Å². The summed E-state index contributed by atoms with van der Waals surface area (Å²) < 4.78 is 1.31. The third kappa shape index (κ3) is 2.01. The molecule has 7 nitrogen and oxygen atoms in total. The summed E-state index contributed by atoms with van der Waals surface area (Å²) in [6.45, 7) is 0. The lowest BCUT2D eigenvalue weighted by Crippen LogP contribution is -2.22. The van der Waals surface area contributed by atoms with Crippen LogP contribution >= 0.6 is 11.6 Å². The van der Waals surface area contributed by atoms with Crippen molar-refractivity contribution in [3.8, 4) is 11.4 Å². The van der Waals surface area contributed by atoms with Crippen molar-refractivity contribution < 1.29 is 0 Å². The molecule has 0 radical (unpaired) electrons. The Balaban J connectivity index is 1.96. The zero-order chi connectivity index (χ0) is 17.8. The Kier molecular flexibility index (Phi) is 3.01. The van der Waals surface area contributed by atoms with Crippen molar-refractivity contribution in [1.29, 1.82) is 0 Å². The van der Waals surface area contributed by atoms with Gasteiger partial charge in [-0.2, -0.15) is 10.1 Å². The van der Waals surface area contributed by atoms with Gasteiger partial charge in [0, 0.05) is 16.0 Å². The van der Waals surface area contributed by atoms with Gasteiger partial charge in [-0.1, -0.05) is 41.9 Å². The minimum absolute atomic E-state index is 0.0177. The van der Waals surface area contributed by atoms with Crippen molar-refractivity contribution in [3.63, 3.8) is 0 Å². The normalized spacial score (nSPS) is 11.6. The van der Waals surface area contributed by atoms with E-state index in [1.165, 1.54) is 4.40 Å². The molecule has 5 aromatic rings. The zero-order valence-electron chi connectivity index (χ0n) is 13.2. The van der Waals surface area contributed by atoms with E-state index in [4.69, 9.17) is 11.6 Å². The summed E-state index contributed by atoms with van der Waals surface area (Å²) in [5.41, 5.74) is 0.589. The van der Waals surface area contributed by atoms with Crippen molar-refractivity contribution in [2.45, 2.75) is 0 Å². The molecule has 3 heterocycles. The average Bonchev–Trinajstić information content (AvgIpc) is 3.06. The maximum absolute atomic E-state index is 13.1. The molecule has 8 heteroatoms. The first-order valence-corrected chi connectivity index (χ1v) is 8.19. The molecule has 5 rings (SSSR count). The van der Waals surface area contributed by atoms with E-state index in [0.717, 1.165) is 5.56 Å². The summed E-state index contributed by atoms with van der Waals surface area (Å²) >= 11 is 6.00. The number of H-pyrrole nitrogens is 2. The van der Waals surface area contributed by atoms with Crippen LogP contribution in [0.25, 0.3) is 39.1 Å². The molecule has 2 aromatic carbocycles. The number of benzene rings is 2. The summed E-state index contributed by atoms with van der Waals surface area (Å²) in [4.78, 5) is 33.4. The molecular formula is C18H10ClN5O2. The molecule has 0 amide bonds. The van der Waals surface area contributed by atoms with E-state index in [9.17, 15) is 9.59 Å². The van der Waals surface area contributed by atoms with Gasteiger partial charge in [0.1, 0.15) is 5.39 Å². The first-order valence-electron chi connectivity index (χ1n) is 7.81. The standard InChI is InChI=1S/C18H10ClN5O2/c19-10-6-7-11-12(8-10)20-15-13(14(11)25)17(26)24-16(22-23-18(24)21-15)9-4-2-1-3-5-9/h1-8H,(H2,20,21,23,25). The molecule has 0 aliphatic carbocycles. The quantitative estimate of drug-likeness (QED) is 0.447. The molecule has 0 aliphatic rings. The number of halogens is 1. The molecule has 0 saturated carbocycles. The third-order valence-corrected chi connectivity index (χ3v) is 4.53. The second-order valence-corrected chi connectivity index (χ2v) is 6.29. The molecule has 3 aromatic heterocycles. The lowest BCUT2D eigenvalue weighted by atomic mass is 10.1. The smallest absolute Gasteiger partial charge is 0.274 e. The number of pyridine rings is 1. The number of nitrogens with zero attached hydrogens (tertiary/aromatic N) is 3. The minimum atomic E-state index is -0.476. The highest BCUT2D eigenvalue weighted by atomic mass is 35.5. The molecule has 0 bridgehead atoms. The topological polar surface area (TPSA) is 95.9 Å². The summed E-state index contributed by atoms with van der Waals surface area (Å²) in [5, 5.41) is 7.80. The van der Waals surface area contributed by atoms with E-state index in [1.807, 2.05) is 30.3 Å². The molecule has 0 fully saturated rings. The number of rotatable bonds is 1. The van der Waals surface area contributed by atoms with E-state index in [0.29, 0.717) is 21.7 Å². The third-order valence-electron chi connectivity index (χ3n) is 4.30. The predicted molar refractivity (Wildman–Crippen MR) is 99.7 cm³/mol. The van der Waals surface area contributed by atoms with Crippen molar-refractivity contribution in [1.82, 2.24) is 24.6 Å². The van der Waals surface area contributed by atoms with Gasteiger partial charge < -0.3 is 4.98 Å². The summed E-state index contributed by atoms with van der Waals surface area (Å²) in [7, 11) is 0. The van der Waals surface area contributed by atoms with Crippen molar-refractivity contribution in [3.05, 3.63) is 74.1 Å². The van der Waals surface area contributed by atoms with Crippen LogP contribution in [0.1, 0.15) is 0 Å². The van der Waals surface area contributed by atoms with E-state index >= 15 is 0 Å². The van der Waals surface area contributed by atoms with Crippen LogP contribution in [0.4, 0.5) is 0 Å². The number of hydrogen-bond donors (Lipinski definition) is 2. The fourth-order valence-corrected chi connectivity index (χ4v) is 3.27. The second-order valence-electron chi connectivity index (χ2n) is 5.86. The Bertz CT molecular complexity index is 1430. The number of aromatic nitrogens is 5. The molecule has 0 spiro atoms. The van der Waals surface area contributed by atoms with Crippen LogP contribution in [-0.2, 0) is 0 Å². The SMILES string of the molecule is O=c1c2ccc(Cl)cc2[nH]c2nc3[nH]nc(-c4ccccc4)n3c(=O)c12. The van der Waals surface area contributed by atoms with Gasteiger partial charge in [0.25, 0.3) is 5.56 Å². The second kappa shape index (κ2) is 5.27. The van der Waals surface area contributed by atoms with Gasteiger partial charge in [-0.05, 0) is 18.2 Å². The van der Waals surface area contributed by atoms with E-state index in [2.05, 4.69) is 20.2 Å². The summed E-state index contributed by atoms with van der Waals surface area (Å²) in [5.74, 6) is 0.647. The number of aromatic amines is 2. The summed E-state index contributed by atoms with van der Waals surface area (Å²) in [6, 6.07) is 14.1. The van der Waals surface area contributed by atoms with Crippen LogP contribution in [0.15, 0.2) is 58.1 Å². The molecule has 2 N–H and O–H groups in total. The Labute approximate surface area is 149 Å². The number of fused-ring (bicyclic) bond motifs is 3. The van der Waals surface area contributed by atoms with Gasteiger partial charge >= 0.3 is 0 Å². The van der Waals surface area contributed by atoms with Gasteiger partial charge in [-0.25, -0.2) is 9.50 Å². The van der Waals surface area contributed by atoms with E-state index in [-0.39, 0.29) is 16.8 Å². The van der Waals surface area contributed by atoms with Crippen LogP contribution < -0.4 is 11.0 Å². The molecule has 0 atom stereocenters. The first kappa shape index (κ1) is 14.9. The lowest BCUT2D eigenvalue weighted by Gasteiger charge is -2.04. The highest BCUT2D eigenvalue weighted by Crippen LogP contribution is 2.19. The Hall–Kier alpha value is -3.45. The monoisotopic (exact) mass is 363 g/mol. The van der Waals surface area contributed by atoms with Crippen molar-refractivity contribution in [2.24, 2.45) is 0 Å². The van der Waals surface area contributed by atoms with Crippen molar-refractivity contribution >= 4 is 39.3 Å². The molecule has 0 unspecified atom stereocenters. The van der Waals surface area contributed by atoms with Gasteiger partial charge in [-0.15, -0.1) is 0 Å². The first-order chi connectivity index (χ1) is 12.6. The highest BCUT2D eigenvalue weighted by Gasteiger charge is 2.17. The van der Waals surface area contributed by atoms with Crippen LogP contribution in [0.2, 0.25) is 5.02 Å².